The lowest BCUT2D eigenvalue weighted by Gasteiger charge is -2.19. The smallest absolute Gasteiger partial charge is 0.130 e. The van der Waals surface area contributed by atoms with Crippen molar-refractivity contribution in [1.29, 1.82) is 0 Å². The normalized spacial score (nSPS) is 12.6. The first-order valence-corrected chi connectivity index (χ1v) is 7.58. The Hall–Kier alpha value is -1.33. The molecule has 0 spiro atoms. The molecule has 0 aliphatic carbocycles. The number of benzene rings is 1. The number of halogens is 2. The minimum atomic E-state index is -0.509. The molecule has 0 saturated carbocycles. The minimum absolute atomic E-state index is 0.103. The second-order valence-corrected chi connectivity index (χ2v) is 5.77. The molecule has 1 heterocycles. The van der Waals surface area contributed by atoms with Crippen LogP contribution in [0.1, 0.15) is 35.7 Å². The zero-order valence-electron chi connectivity index (χ0n) is 11.6. The van der Waals surface area contributed by atoms with Gasteiger partial charge in [0.05, 0.1) is 10.7 Å². The molecule has 1 aromatic carbocycles. The second-order valence-electron chi connectivity index (χ2n) is 4.70. The van der Waals surface area contributed by atoms with E-state index in [9.17, 15) is 8.78 Å². The van der Waals surface area contributed by atoms with Crippen LogP contribution in [0.15, 0.2) is 23.6 Å². The van der Waals surface area contributed by atoms with Crippen molar-refractivity contribution in [1.82, 2.24) is 10.3 Å². The number of aryl methyl sites for hydroxylation is 1. The van der Waals surface area contributed by atoms with Crippen molar-refractivity contribution in [3.8, 4) is 0 Å². The van der Waals surface area contributed by atoms with Crippen LogP contribution in [0, 0.1) is 18.6 Å². The Morgan fingerprint density at radius 1 is 1.30 bits per heavy atom. The molecule has 0 bridgehead atoms. The van der Waals surface area contributed by atoms with Gasteiger partial charge in [0, 0.05) is 23.4 Å². The number of nitrogens with one attached hydrogen (secondary N) is 1. The first-order chi connectivity index (χ1) is 9.61. The van der Waals surface area contributed by atoms with Gasteiger partial charge in [0.2, 0.25) is 0 Å². The van der Waals surface area contributed by atoms with Gasteiger partial charge < -0.3 is 5.32 Å². The first-order valence-electron chi connectivity index (χ1n) is 6.70. The zero-order valence-corrected chi connectivity index (χ0v) is 12.4. The second kappa shape index (κ2) is 6.90. The van der Waals surface area contributed by atoms with Crippen molar-refractivity contribution in [3.63, 3.8) is 0 Å². The van der Waals surface area contributed by atoms with Gasteiger partial charge in [0.15, 0.2) is 0 Å². The van der Waals surface area contributed by atoms with Gasteiger partial charge in [-0.3, -0.25) is 0 Å². The molecule has 108 valence electrons. The highest BCUT2D eigenvalue weighted by Gasteiger charge is 2.20. The van der Waals surface area contributed by atoms with Gasteiger partial charge in [0.25, 0.3) is 0 Å². The van der Waals surface area contributed by atoms with Gasteiger partial charge in [0.1, 0.15) is 11.6 Å². The van der Waals surface area contributed by atoms with Crippen LogP contribution >= 0.6 is 11.3 Å². The van der Waals surface area contributed by atoms with Crippen LogP contribution in [-0.4, -0.2) is 11.5 Å². The Labute approximate surface area is 121 Å². The van der Waals surface area contributed by atoms with E-state index in [0.29, 0.717) is 13.0 Å². The molecule has 1 atom stereocenters. The van der Waals surface area contributed by atoms with Crippen LogP contribution in [0.25, 0.3) is 0 Å². The van der Waals surface area contributed by atoms with E-state index in [1.807, 2.05) is 19.2 Å². The lowest BCUT2D eigenvalue weighted by atomic mass is 10.0. The van der Waals surface area contributed by atoms with E-state index in [1.165, 1.54) is 18.2 Å². The molecule has 0 fully saturated rings. The van der Waals surface area contributed by atoms with Gasteiger partial charge >= 0.3 is 0 Å². The summed E-state index contributed by atoms with van der Waals surface area (Å²) in [4.78, 5) is 4.38. The molecule has 0 aliphatic rings. The number of aromatic nitrogens is 1. The van der Waals surface area contributed by atoms with Crippen LogP contribution in [0.4, 0.5) is 8.78 Å². The maximum absolute atomic E-state index is 13.9. The highest BCUT2D eigenvalue weighted by molar-refractivity contribution is 7.09. The third-order valence-corrected chi connectivity index (χ3v) is 3.89. The molecule has 0 saturated heterocycles. The summed E-state index contributed by atoms with van der Waals surface area (Å²) < 4.78 is 27.9. The van der Waals surface area contributed by atoms with Crippen molar-refractivity contribution < 1.29 is 8.78 Å². The molecular formula is C15H18F2N2S. The molecule has 0 amide bonds. The Kier molecular flexibility index (Phi) is 5.20. The topological polar surface area (TPSA) is 24.9 Å². The number of thiazole rings is 1. The van der Waals surface area contributed by atoms with Crippen molar-refractivity contribution >= 4 is 11.3 Å². The van der Waals surface area contributed by atoms with Crippen LogP contribution in [0.3, 0.4) is 0 Å². The summed E-state index contributed by atoms with van der Waals surface area (Å²) in [6, 6.07) is 3.59. The summed E-state index contributed by atoms with van der Waals surface area (Å²) in [6.07, 6.45) is 1.39. The van der Waals surface area contributed by atoms with Crippen molar-refractivity contribution in [3.05, 3.63) is 51.5 Å². The van der Waals surface area contributed by atoms with E-state index >= 15 is 0 Å². The molecule has 0 radical (unpaired) electrons. The van der Waals surface area contributed by atoms with E-state index < -0.39 is 17.7 Å². The molecule has 1 aromatic heterocycles. The van der Waals surface area contributed by atoms with Crippen molar-refractivity contribution in [2.24, 2.45) is 0 Å². The highest BCUT2D eigenvalue weighted by Crippen LogP contribution is 2.24. The molecule has 2 aromatic rings. The molecule has 20 heavy (non-hydrogen) atoms. The quantitative estimate of drug-likeness (QED) is 0.871. The Balaban J connectivity index is 2.27. The molecule has 1 N–H and O–H groups in total. The maximum Gasteiger partial charge on any atom is 0.130 e. The Morgan fingerprint density at radius 2 is 2.00 bits per heavy atom. The van der Waals surface area contributed by atoms with E-state index in [4.69, 9.17) is 0 Å². The zero-order chi connectivity index (χ0) is 14.5. The van der Waals surface area contributed by atoms with Crippen LogP contribution in [-0.2, 0) is 6.42 Å². The average molecular weight is 296 g/mol. The molecule has 1 unspecified atom stereocenters. The van der Waals surface area contributed by atoms with E-state index in [-0.39, 0.29) is 5.56 Å². The predicted molar refractivity (Wildman–Crippen MR) is 77.9 cm³/mol. The fourth-order valence-electron chi connectivity index (χ4n) is 2.15. The number of nitrogens with zero attached hydrogens (tertiary/aromatic N) is 1. The van der Waals surface area contributed by atoms with Gasteiger partial charge in [-0.1, -0.05) is 13.0 Å². The van der Waals surface area contributed by atoms with Gasteiger partial charge in [-0.25, -0.2) is 13.8 Å². The molecule has 5 heteroatoms. The summed E-state index contributed by atoms with van der Waals surface area (Å²) in [5.74, 6) is -1.02. The molecular weight excluding hydrogens is 278 g/mol. The highest BCUT2D eigenvalue weighted by atomic mass is 32.1. The summed E-state index contributed by atoms with van der Waals surface area (Å²) in [5, 5.41) is 6.11. The van der Waals surface area contributed by atoms with Crippen LogP contribution in [0.2, 0.25) is 0 Å². The largest absolute Gasteiger partial charge is 0.309 e. The molecule has 0 aliphatic heterocycles. The predicted octanol–water partition coefficient (Wildman–Crippen LogP) is 4.01. The summed E-state index contributed by atoms with van der Waals surface area (Å²) in [7, 11) is 0. The number of hydrogen-bond donors (Lipinski definition) is 1. The lowest BCUT2D eigenvalue weighted by Crippen LogP contribution is -2.26. The first kappa shape index (κ1) is 15.1. The average Bonchev–Trinajstić information content (AvgIpc) is 2.81. The van der Waals surface area contributed by atoms with Crippen LogP contribution in [0.5, 0.6) is 0 Å². The maximum atomic E-state index is 13.9. The molecule has 2 rings (SSSR count). The number of rotatable bonds is 6. The Morgan fingerprint density at radius 3 is 2.55 bits per heavy atom. The van der Waals surface area contributed by atoms with Crippen LogP contribution < -0.4 is 5.32 Å². The summed E-state index contributed by atoms with van der Waals surface area (Å²) in [6.45, 7) is 4.66. The fraction of sp³-hybridized carbons (Fsp3) is 0.400. The summed E-state index contributed by atoms with van der Waals surface area (Å²) >= 11 is 1.55. The van der Waals surface area contributed by atoms with Crippen molar-refractivity contribution in [2.45, 2.75) is 32.7 Å². The third-order valence-electron chi connectivity index (χ3n) is 3.07. The summed E-state index contributed by atoms with van der Waals surface area (Å²) in [5.41, 5.74) is 0.968. The third kappa shape index (κ3) is 3.61. The van der Waals surface area contributed by atoms with Gasteiger partial charge in [-0.05, 0) is 32.0 Å². The van der Waals surface area contributed by atoms with Gasteiger partial charge in [-0.2, -0.15) is 0 Å². The number of hydrogen-bond acceptors (Lipinski definition) is 3. The SMILES string of the molecule is CCCNC(Cc1csc(C)n1)c1c(F)cccc1F. The van der Waals surface area contributed by atoms with E-state index in [0.717, 1.165) is 17.1 Å². The standard InChI is InChI=1S/C15H18F2N2S/c1-3-7-18-14(8-11-9-20-10(2)19-11)15-12(16)5-4-6-13(15)17/h4-6,9,14,18H,3,7-8H2,1-2H3. The molecule has 2 nitrogen and oxygen atoms in total. The Bertz CT molecular complexity index is 549. The fourth-order valence-corrected chi connectivity index (χ4v) is 2.78. The minimum Gasteiger partial charge on any atom is -0.309 e. The van der Waals surface area contributed by atoms with E-state index in [1.54, 1.807) is 11.3 Å². The monoisotopic (exact) mass is 296 g/mol. The van der Waals surface area contributed by atoms with E-state index in [2.05, 4.69) is 10.3 Å². The lowest BCUT2D eigenvalue weighted by molar-refractivity contribution is 0.462. The van der Waals surface area contributed by atoms with Crippen molar-refractivity contribution in [2.75, 3.05) is 6.54 Å². The van der Waals surface area contributed by atoms with Gasteiger partial charge in [-0.15, -0.1) is 11.3 Å².